The summed E-state index contributed by atoms with van der Waals surface area (Å²) in [5.74, 6) is -1.35. The number of rotatable bonds is 5. The summed E-state index contributed by atoms with van der Waals surface area (Å²) in [6.07, 6.45) is 3.87. The highest BCUT2D eigenvalue weighted by Crippen LogP contribution is 2.51. The number of nitrogens with one attached hydrogen (secondary N) is 1. The van der Waals surface area contributed by atoms with Gasteiger partial charge in [0.25, 0.3) is 0 Å². The van der Waals surface area contributed by atoms with Crippen LogP contribution in [0, 0.1) is 5.82 Å². The number of halogens is 1. The first-order chi connectivity index (χ1) is 13.5. The molecule has 4 rings (SSSR count). The number of carboxylic acid groups (broad SMARTS) is 1. The number of hydrogen-bond acceptors (Lipinski definition) is 6. The van der Waals surface area contributed by atoms with Crippen molar-refractivity contribution in [1.82, 2.24) is 5.32 Å². The second-order valence-corrected chi connectivity index (χ2v) is 7.68. The Balaban J connectivity index is 1.85. The number of methoxy groups -OCH3 is 1. The van der Waals surface area contributed by atoms with E-state index in [0.29, 0.717) is 30.2 Å². The summed E-state index contributed by atoms with van der Waals surface area (Å²) in [6.45, 7) is 1.37. The number of aliphatic carboxylic acids is 1. The van der Waals surface area contributed by atoms with E-state index in [-0.39, 0.29) is 23.2 Å². The molecule has 152 valence electrons. The zero-order valence-corrected chi connectivity index (χ0v) is 16.1. The lowest BCUT2D eigenvalue weighted by Crippen LogP contribution is -2.45. The highest BCUT2D eigenvalue weighted by Gasteiger charge is 2.41. The Morgan fingerprint density at radius 1 is 1.32 bits per heavy atom. The van der Waals surface area contributed by atoms with Gasteiger partial charge in [-0.2, -0.15) is 0 Å². The molecule has 1 aromatic rings. The SMILES string of the molecule is CNC1CCCN(c2c(F)cc3c(c2OC)N(C2CC2)C=C(C(=O)O)C3O)C1. The van der Waals surface area contributed by atoms with E-state index in [4.69, 9.17) is 4.74 Å². The van der Waals surface area contributed by atoms with Crippen molar-refractivity contribution < 1.29 is 24.1 Å². The minimum atomic E-state index is -1.40. The first-order valence-corrected chi connectivity index (χ1v) is 9.70. The molecule has 1 aliphatic carbocycles. The molecule has 1 saturated heterocycles. The van der Waals surface area contributed by atoms with Gasteiger partial charge in [0.05, 0.1) is 18.4 Å². The van der Waals surface area contributed by atoms with Gasteiger partial charge in [-0.3, -0.25) is 0 Å². The lowest BCUT2D eigenvalue weighted by atomic mass is 9.93. The monoisotopic (exact) mass is 391 g/mol. The fraction of sp³-hybridized carbons (Fsp3) is 0.550. The number of aliphatic hydroxyl groups excluding tert-OH is 1. The number of piperidine rings is 1. The van der Waals surface area contributed by atoms with Crippen molar-refractivity contribution in [3.63, 3.8) is 0 Å². The molecule has 3 aliphatic rings. The number of aliphatic hydroxyl groups is 1. The molecule has 0 aromatic heterocycles. The molecule has 0 spiro atoms. The van der Waals surface area contributed by atoms with Gasteiger partial charge in [0, 0.05) is 36.9 Å². The first-order valence-electron chi connectivity index (χ1n) is 9.70. The molecular weight excluding hydrogens is 365 g/mol. The van der Waals surface area contributed by atoms with Gasteiger partial charge in [0.15, 0.2) is 11.6 Å². The third-order valence-electron chi connectivity index (χ3n) is 5.87. The summed E-state index contributed by atoms with van der Waals surface area (Å²) in [6, 6.07) is 1.67. The maximum absolute atomic E-state index is 15.2. The molecule has 3 N–H and O–H groups in total. The molecule has 1 aromatic carbocycles. The molecule has 0 amide bonds. The van der Waals surface area contributed by atoms with Gasteiger partial charge in [0.1, 0.15) is 11.8 Å². The summed E-state index contributed by atoms with van der Waals surface area (Å²) in [4.78, 5) is 15.4. The predicted molar refractivity (Wildman–Crippen MR) is 103 cm³/mol. The van der Waals surface area contributed by atoms with Gasteiger partial charge in [-0.1, -0.05) is 0 Å². The van der Waals surface area contributed by atoms with E-state index >= 15 is 4.39 Å². The summed E-state index contributed by atoms with van der Waals surface area (Å²) in [5.41, 5.74) is 1.05. The number of anilines is 2. The Hall–Kier alpha value is -2.32. The summed E-state index contributed by atoms with van der Waals surface area (Å²) < 4.78 is 20.9. The second kappa shape index (κ2) is 7.25. The van der Waals surface area contributed by atoms with Crippen molar-refractivity contribution in [2.45, 2.75) is 43.9 Å². The average molecular weight is 391 g/mol. The van der Waals surface area contributed by atoms with E-state index in [1.54, 1.807) is 0 Å². The van der Waals surface area contributed by atoms with Crippen molar-refractivity contribution in [3.8, 4) is 5.75 Å². The molecule has 2 aliphatic heterocycles. The zero-order valence-electron chi connectivity index (χ0n) is 16.1. The molecule has 0 bridgehead atoms. The standard InChI is InChI=1S/C20H26FN3O4/c1-22-11-4-3-7-23(9-11)17-15(21)8-13-16(19(17)28-2)24(12-5-6-12)10-14(18(13)25)20(26)27/h8,10-12,18,22,25H,3-7,9H2,1-2H3,(H,26,27). The number of ether oxygens (including phenoxy) is 1. The average Bonchev–Trinajstić information content (AvgIpc) is 3.52. The highest BCUT2D eigenvalue weighted by molar-refractivity contribution is 5.92. The van der Waals surface area contributed by atoms with Crippen LogP contribution in [0.5, 0.6) is 5.75 Å². The van der Waals surface area contributed by atoms with E-state index in [2.05, 4.69) is 5.32 Å². The lowest BCUT2D eigenvalue weighted by Gasteiger charge is -2.38. The van der Waals surface area contributed by atoms with Crippen molar-refractivity contribution in [1.29, 1.82) is 0 Å². The van der Waals surface area contributed by atoms with Crippen LogP contribution in [0.25, 0.3) is 0 Å². The highest BCUT2D eigenvalue weighted by atomic mass is 19.1. The Labute approximate surface area is 163 Å². The summed E-state index contributed by atoms with van der Waals surface area (Å²) >= 11 is 0. The predicted octanol–water partition coefficient (Wildman–Crippen LogP) is 2.01. The zero-order chi connectivity index (χ0) is 20.0. The van der Waals surface area contributed by atoms with Crippen LogP contribution in [0.15, 0.2) is 17.8 Å². The minimum absolute atomic E-state index is 0.138. The fourth-order valence-corrected chi connectivity index (χ4v) is 4.27. The Kier molecular flexibility index (Phi) is 4.93. The Morgan fingerprint density at radius 2 is 2.07 bits per heavy atom. The topological polar surface area (TPSA) is 85.3 Å². The number of hydrogen-bond donors (Lipinski definition) is 3. The van der Waals surface area contributed by atoms with Crippen LogP contribution >= 0.6 is 0 Å². The summed E-state index contributed by atoms with van der Waals surface area (Å²) in [7, 11) is 3.39. The van der Waals surface area contributed by atoms with Gasteiger partial charge in [0.2, 0.25) is 0 Å². The van der Waals surface area contributed by atoms with E-state index in [1.165, 1.54) is 19.4 Å². The van der Waals surface area contributed by atoms with E-state index in [1.807, 2.05) is 16.8 Å². The normalized spacial score (nSPS) is 24.6. The van der Waals surface area contributed by atoms with Crippen LogP contribution in [0.3, 0.4) is 0 Å². The smallest absolute Gasteiger partial charge is 0.336 e. The second-order valence-electron chi connectivity index (χ2n) is 7.68. The summed E-state index contributed by atoms with van der Waals surface area (Å²) in [5, 5.41) is 23.3. The molecule has 0 radical (unpaired) electrons. The number of carbonyl (C=O) groups is 1. The molecule has 2 heterocycles. The third-order valence-corrected chi connectivity index (χ3v) is 5.87. The van der Waals surface area contributed by atoms with Crippen LogP contribution in [0.1, 0.15) is 37.4 Å². The Bertz CT molecular complexity index is 824. The van der Waals surface area contributed by atoms with Crippen molar-refractivity contribution >= 4 is 17.3 Å². The maximum Gasteiger partial charge on any atom is 0.336 e. The molecule has 2 unspecified atom stereocenters. The number of nitrogens with zero attached hydrogens (tertiary/aromatic N) is 2. The van der Waals surface area contributed by atoms with Crippen LogP contribution in [-0.2, 0) is 4.79 Å². The van der Waals surface area contributed by atoms with Crippen molar-refractivity contribution in [3.05, 3.63) is 29.2 Å². The van der Waals surface area contributed by atoms with Crippen LogP contribution < -0.4 is 19.9 Å². The van der Waals surface area contributed by atoms with Gasteiger partial charge in [-0.05, 0) is 38.8 Å². The van der Waals surface area contributed by atoms with Crippen molar-refractivity contribution in [2.24, 2.45) is 0 Å². The molecule has 2 atom stereocenters. The van der Waals surface area contributed by atoms with Crippen LogP contribution in [-0.4, -0.2) is 55.5 Å². The third kappa shape index (κ3) is 3.10. The lowest BCUT2D eigenvalue weighted by molar-refractivity contribution is -0.133. The van der Waals surface area contributed by atoms with Gasteiger partial charge < -0.3 is 30.1 Å². The minimum Gasteiger partial charge on any atom is -0.492 e. The van der Waals surface area contributed by atoms with Gasteiger partial charge in [-0.25, -0.2) is 9.18 Å². The molecule has 2 fully saturated rings. The van der Waals surface area contributed by atoms with Gasteiger partial charge in [-0.15, -0.1) is 0 Å². The van der Waals surface area contributed by atoms with Crippen molar-refractivity contribution in [2.75, 3.05) is 37.0 Å². The molecule has 7 nitrogen and oxygen atoms in total. The molecule has 8 heteroatoms. The number of likely N-dealkylation sites (N-methyl/N-ethyl adjacent to an activating group) is 1. The number of benzene rings is 1. The maximum atomic E-state index is 15.2. The fourth-order valence-electron chi connectivity index (χ4n) is 4.27. The van der Waals surface area contributed by atoms with Crippen LogP contribution in [0.2, 0.25) is 0 Å². The van der Waals surface area contributed by atoms with E-state index in [0.717, 1.165) is 25.7 Å². The van der Waals surface area contributed by atoms with Crippen LogP contribution in [0.4, 0.5) is 15.8 Å². The number of carboxylic acids is 1. The van der Waals surface area contributed by atoms with E-state index < -0.39 is 17.9 Å². The quantitative estimate of drug-likeness (QED) is 0.708. The van der Waals surface area contributed by atoms with Gasteiger partial charge >= 0.3 is 5.97 Å². The largest absolute Gasteiger partial charge is 0.492 e. The molecule has 1 saturated carbocycles. The first kappa shape index (κ1) is 19.0. The Morgan fingerprint density at radius 3 is 2.68 bits per heavy atom. The molecular formula is C20H26FN3O4. The number of fused-ring (bicyclic) bond motifs is 1. The molecule has 28 heavy (non-hydrogen) atoms. The van der Waals surface area contributed by atoms with E-state index in [9.17, 15) is 15.0 Å².